The van der Waals surface area contributed by atoms with Gasteiger partial charge in [0, 0.05) is 15.1 Å². The predicted molar refractivity (Wildman–Crippen MR) is 73.4 cm³/mol. The number of halogens is 2. The minimum Gasteiger partial charge on any atom is -0.459 e. The smallest absolute Gasteiger partial charge is 0.328 e. The van der Waals surface area contributed by atoms with Crippen LogP contribution in [0.15, 0.2) is 29.0 Å². The summed E-state index contributed by atoms with van der Waals surface area (Å²) in [4.78, 5) is 15.3. The normalized spacial score (nSPS) is 10.4. The molecule has 0 radical (unpaired) electrons. The molecule has 1 aromatic heterocycles. The number of benzene rings is 1. The number of nitrogens with two attached hydrogens (primary N) is 1. The zero-order chi connectivity index (χ0) is 13.8. The van der Waals surface area contributed by atoms with E-state index in [1.54, 1.807) is 12.1 Å². The molecule has 100 valence electrons. The van der Waals surface area contributed by atoms with Crippen LogP contribution >= 0.6 is 27.5 Å². The number of hydrogen-bond donors (Lipinski definition) is 1. The lowest BCUT2D eigenvalue weighted by molar-refractivity contribution is -0.145. The summed E-state index contributed by atoms with van der Waals surface area (Å²) in [6.07, 6.45) is 1.36. The Morgan fingerprint density at radius 3 is 2.95 bits per heavy atom. The second-order valence-corrected chi connectivity index (χ2v) is 5.02. The largest absolute Gasteiger partial charge is 0.459 e. The summed E-state index contributed by atoms with van der Waals surface area (Å²) in [7, 11) is 0. The topological polar surface area (TPSA) is 83.0 Å². The molecule has 0 aliphatic rings. The van der Waals surface area contributed by atoms with Crippen LogP contribution in [0.5, 0.6) is 0 Å². The average molecular weight is 346 g/mol. The minimum atomic E-state index is -0.441. The molecule has 0 unspecified atom stereocenters. The molecular formula is C11H10BrClN4O2. The first kappa shape index (κ1) is 13.8. The van der Waals surface area contributed by atoms with Gasteiger partial charge in [-0.1, -0.05) is 33.6 Å². The highest BCUT2D eigenvalue weighted by Gasteiger charge is 2.08. The Morgan fingerprint density at radius 2 is 2.32 bits per heavy atom. The van der Waals surface area contributed by atoms with E-state index in [0.29, 0.717) is 5.02 Å². The predicted octanol–water partition coefficient (Wildman–Crippen LogP) is 2.02. The van der Waals surface area contributed by atoms with Crippen molar-refractivity contribution in [3.8, 4) is 0 Å². The molecule has 0 aliphatic carbocycles. The van der Waals surface area contributed by atoms with Gasteiger partial charge in [0.25, 0.3) is 0 Å². The van der Waals surface area contributed by atoms with Gasteiger partial charge in [0.2, 0.25) is 5.95 Å². The van der Waals surface area contributed by atoms with E-state index in [9.17, 15) is 4.79 Å². The maximum atomic E-state index is 11.6. The summed E-state index contributed by atoms with van der Waals surface area (Å²) in [6, 6.07) is 5.35. The van der Waals surface area contributed by atoms with Crippen LogP contribution in [0, 0.1) is 0 Å². The SMILES string of the molecule is Nc1ncn(CC(=O)OCc2ccc(Br)cc2Cl)n1. The van der Waals surface area contributed by atoms with Crippen LogP contribution in [0.4, 0.5) is 5.95 Å². The highest BCUT2D eigenvalue weighted by Crippen LogP contribution is 2.21. The molecule has 0 fully saturated rings. The molecule has 0 atom stereocenters. The molecule has 1 heterocycles. The molecule has 2 N–H and O–H groups in total. The lowest BCUT2D eigenvalue weighted by Gasteiger charge is -2.06. The maximum absolute atomic E-state index is 11.6. The molecule has 0 aliphatic heterocycles. The fraction of sp³-hybridized carbons (Fsp3) is 0.182. The molecule has 6 nitrogen and oxygen atoms in total. The van der Waals surface area contributed by atoms with Gasteiger partial charge in [0.1, 0.15) is 19.5 Å². The molecule has 0 saturated carbocycles. The molecule has 8 heteroatoms. The number of aromatic nitrogens is 3. The number of esters is 1. The minimum absolute atomic E-state index is 0.0433. The van der Waals surface area contributed by atoms with Crippen molar-refractivity contribution in [3.63, 3.8) is 0 Å². The number of ether oxygens (including phenoxy) is 1. The van der Waals surface area contributed by atoms with Gasteiger partial charge in [-0.25, -0.2) is 9.67 Å². The quantitative estimate of drug-likeness (QED) is 0.857. The molecule has 0 bridgehead atoms. The van der Waals surface area contributed by atoms with E-state index in [2.05, 4.69) is 26.0 Å². The van der Waals surface area contributed by atoms with Crippen LogP contribution in [-0.4, -0.2) is 20.7 Å². The number of carbonyl (C=O) groups excluding carboxylic acids is 1. The fourth-order valence-electron chi connectivity index (χ4n) is 1.36. The number of anilines is 1. The third-order valence-corrected chi connectivity index (χ3v) is 3.09. The van der Waals surface area contributed by atoms with E-state index in [-0.39, 0.29) is 19.1 Å². The first-order chi connectivity index (χ1) is 9.04. The zero-order valence-corrected chi connectivity index (χ0v) is 12.1. The van der Waals surface area contributed by atoms with E-state index < -0.39 is 5.97 Å². The standard InChI is InChI=1S/C11H10BrClN4O2/c12-8-2-1-7(9(13)3-8)5-19-10(18)4-17-6-15-11(14)16-17/h1-3,6H,4-5H2,(H2,14,16). The summed E-state index contributed by atoms with van der Waals surface area (Å²) < 4.78 is 7.27. The van der Waals surface area contributed by atoms with Gasteiger partial charge in [0.15, 0.2) is 0 Å². The Bertz CT molecular complexity index is 602. The number of nitrogens with zero attached hydrogens (tertiary/aromatic N) is 3. The van der Waals surface area contributed by atoms with Gasteiger partial charge in [-0.3, -0.25) is 4.79 Å². The fourth-order valence-corrected chi connectivity index (χ4v) is 2.09. The Morgan fingerprint density at radius 1 is 1.53 bits per heavy atom. The van der Waals surface area contributed by atoms with Crippen LogP contribution in [0.3, 0.4) is 0 Å². The van der Waals surface area contributed by atoms with Crippen molar-refractivity contribution < 1.29 is 9.53 Å². The number of hydrogen-bond acceptors (Lipinski definition) is 5. The van der Waals surface area contributed by atoms with E-state index in [1.165, 1.54) is 11.0 Å². The molecule has 2 rings (SSSR count). The monoisotopic (exact) mass is 344 g/mol. The molecule has 19 heavy (non-hydrogen) atoms. The van der Waals surface area contributed by atoms with Crippen molar-refractivity contribution >= 4 is 39.4 Å². The molecule has 0 saturated heterocycles. The lowest BCUT2D eigenvalue weighted by Crippen LogP contribution is -2.14. The van der Waals surface area contributed by atoms with E-state index in [4.69, 9.17) is 22.1 Å². The molecule has 0 amide bonds. The third kappa shape index (κ3) is 3.93. The average Bonchev–Trinajstić information content (AvgIpc) is 2.73. The van der Waals surface area contributed by atoms with Crippen molar-refractivity contribution in [2.75, 3.05) is 5.73 Å². The second kappa shape index (κ2) is 6.03. The highest BCUT2D eigenvalue weighted by atomic mass is 79.9. The summed E-state index contributed by atoms with van der Waals surface area (Å²) in [5.41, 5.74) is 6.07. The van der Waals surface area contributed by atoms with Crippen molar-refractivity contribution in [1.29, 1.82) is 0 Å². The van der Waals surface area contributed by atoms with Crippen molar-refractivity contribution in [2.24, 2.45) is 0 Å². The van der Waals surface area contributed by atoms with E-state index in [1.807, 2.05) is 6.07 Å². The second-order valence-electron chi connectivity index (χ2n) is 3.70. The number of nitrogen functional groups attached to an aromatic ring is 1. The lowest BCUT2D eigenvalue weighted by atomic mass is 10.2. The first-order valence-electron chi connectivity index (χ1n) is 5.29. The number of carbonyl (C=O) groups is 1. The Hall–Kier alpha value is -1.60. The summed E-state index contributed by atoms with van der Waals surface area (Å²) in [6.45, 7) is 0.0630. The summed E-state index contributed by atoms with van der Waals surface area (Å²) >= 11 is 9.31. The summed E-state index contributed by atoms with van der Waals surface area (Å²) in [5.74, 6) is -0.326. The highest BCUT2D eigenvalue weighted by molar-refractivity contribution is 9.10. The Labute approximate surface area is 122 Å². The van der Waals surface area contributed by atoms with E-state index >= 15 is 0 Å². The zero-order valence-electron chi connectivity index (χ0n) is 9.72. The number of rotatable bonds is 4. The first-order valence-corrected chi connectivity index (χ1v) is 6.46. The van der Waals surface area contributed by atoms with Crippen LogP contribution in [-0.2, 0) is 22.7 Å². The summed E-state index contributed by atoms with van der Waals surface area (Å²) in [5, 5.41) is 4.32. The van der Waals surface area contributed by atoms with Crippen molar-refractivity contribution in [1.82, 2.24) is 14.8 Å². The Kier molecular flexibility index (Phi) is 4.39. The van der Waals surface area contributed by atoms with Crippen molar-refractivity contribution in [2.45, 2.75) is 13.2 Å². The van der Waals surface area contributed by atoms with Crippen LogP contribution in [0.25, 0.3) is 0 Å². The molecule has 1 aromatic carbocycles. The molecular weight excluding hydrogens is 336 g/mol. The Balaban J connectivity index is 1.89. The van der Waals surface area contributed by atoms with Crippen LogP contribution in [0.1, 0.15) is 5.56 Å². The van der Waals surface area contributed by atoms with Gasteiger partial charge >= 0.3 is 5.97 Å². The van der Waals surface area contributed by atoms with Gasteiger partial charge in [-0.2, -0.15) is 0 Å². The molecule has 0 spiro atoms. The maximum Gasteiger partial charge on any atom is 0.328 e. The third-order valence-electron chi connectivity index (χ3n) is 2.25. The van der Waals surface area contributed by atoms with Gasteiger partial charge in [-0.05, 0) is 12.1 Å². The van der Waals surface area contributed by atoms with E-state index in [0.717, 1.165) is 10.0 Å². The molecule has 2 aromatic rings. The van der Waals surface area contributed by atoms with Crippen LogP contribution in [0.2, 0.25) is 5.02 Å². The van der Waals surface area contributed by atoms with Crippen LogP contribution < -0.4 is 5.73 Å². The van der Waals surface area contributed by atoms with Gasteiger partial charge < -0.3 is 10.5 Å². The van der Waals surface area contributed by atoms with Crippen molar-refractivity contribution in [3.05, 3.63) is 39.6 Å². The van der Waals surface area contributed by atoms with Gasteiger partial charge in [0.05, 0.1) is 0 Å². The van der Waals surface area contributed by atoms with Gasteiger partial charge in [-0.15, -0.1) is 5.10 Å².